The highest BCUT2D eigenvalue weighted by molar-refractivity contribution is 8.16. The SMILES string of the molecule is c1ccc(SCSc2ccc3ccccc3c2)cc1. The van der Waals surface area contributed by atoms with Gasteiger partial charge in [-0.2, -0.15) is 0 Å². The Bertz CT molecular complexity index is 662. The van der Waals surface area contributed by atoms with Gasteiger partial charge in [-0.15, -0.1) is 23.5 Å². The third-order valence-electron chi connectivity index (χ3n) is 2.92. The Kier molecular flexibility index (Phi) is 4.11. The molecule has 0 fully saturated rings. The van der Waals surface area contributed by atoms with E-state index in [-0.39, 0.29) is 0 Å². The summed E-state index contributed by atoms with van der Waals surface area (Å²) < 4.78 is 0. The minimum Gasteiger partial charge on any atom is -0.115 e. The normalized spacial score (nSPS) is 10.7. The fourth-order valence-corrected chi connectivity index (χ4v) is 3.99. The third kappa shape index (κ3) is 3.34. The fourth-order valence-electron chi connectivity index (χ4n) is 1.94. The molecule has 0 saturated heterocycles. The molecule has 0 unspecified atom stereocenters. The van der Waals surface area contributed by atoms with E-state index in [1.165, 1.54) is 20.6 Å². The molecule has 0 N–H and O–H groups in total. The molecule has 0 aromatic heterocycles. The second kappa shape index (κ2) is 6.18. The Morgan fingerprint density at radius 3 is 2.11 bits per heavy atom. The van der Waals surface area contributed by atoms with Crippen molar-refractivity contribution in [3.8, 4) is 0 Å². The first-order valence-corrected chi connectivity index (χ1v) is 8.18. The first-order chi connectivity index (χ1) is 9.42. The quantitative estimate of drug-likeness (QED) is 0.446. The molecule has 0 saturated carbocycles. The molecular weight excluding hydrogens is 268 g/mol. The summed E-state index contributed by atoms with van der Waals surface area (Å²) in [5, 5.41) is 3.67. The average Bonchev–Trinajstić information content (AvgIpc) is 2.48. The molecule has 0 radical (unpaired) electrons. The number of thioether (sulfide) groups is 2. The molecule has 0 aliphatic heterocycles. The topological polar surface area (TPSA) is 0 Å². The molecular formula is C17H14S2. The van der Waals surface area contributed by atoms with Crippen molar-refractivity contribution < 1.29 is 0 Å². The van der Waals surface area contributed by atoms with Crippen molar-refractivity contribution in [2.75, 3.05) is 5.08 Å². The Morgan fingerprint density at radius 2 is 1.26 bits per heavy atom. The van der Waals surface area contributed by atoms with Crippen LogP contribution in [-0.2, 0) is 0 Å². The van der Waals surface area contributed by atoms with Crippen LogP contribution >= 0.6 is 23.5 Å². The lowest BCUT2D eigenvalue weighted by Crippen LogP contribution is -1.77. The maximum atomic E-state index is 2.27. The van der Waals surface area contributed by atoms with Gasteiger partial charge in [0.05, 0.1) is 0 Å². The van der Waals surface area contributed by atoms with Gasteiger partial charge < -0.3 is 0 Å². The number of rotatable bonds is 4. The summed E-state index contributed by atoms with van der Waals surface area (Å²) >= 11 is 3.78. The summed E-state index contributed by atoms with van der Waals surface area (Å²) in [5.41, 5.74) is 0. The van der Waals surface area contributed by atoms with Crippen molar-refractivity contribution >= 4 is 34.3 Å². The summed E-state index contributed by atoms with van der Waals surface area (Å²) in [6, 6.07) is 25.7. The van der Waals surface area contributed by atoms with Crippen molar-refractivity contribution in [1.82, 2.24) is 0 Å². The molecule has 0 bridgehead atoms. The Hall–Kier alpha value is -1.38. The number of fused-ring (bicyclic) bond motifs is 1. The largest absolute Gasteiger partial charge is 0.115 e. The minimum absolute atomic E-state index is 1.04. The van der Waals surface area contributed by atoms with E-state index >= 15 is 0 Å². The van der Waals surface area contributed by atoms with Crippen molar-refractivity contribution in [3.63, 3.8) is 0 Å². The smallest absolute Gasteiger partial charge is 0.0486 e. The lowest BCUT2D eigenvalue weighted by Gasteiger charge is -2.04. The van der Waals surface area contributed by atoms with Crippen LogP contribution in [0.25, 0.3) is 10.8 Å². The van der Waals surface area contributed by atoms with Gasteiger partial charge in [-0.1, -0.05) is 48.5 Å². The molecule has 0 aliphatic carbocycles. The molecule has 0 heterocycles. The first-order valence-electron chi connectivity index (χ1n) is 6.21. The zero-order valence-electron chi connectivity index (χ0n) is 10.5. The van der Waals surface area contributed by atoms with Crippen LogP contribution in [0.15, 0.2) is 82.6 Å². The van der Waals surface area contributed by atoms with Gasteiger partial charge in [-0.3, -0.25) is 0 Å². The van der Waals surface area contributed by atoms with E-state index in [1.54, 1.807) is 0 Å². The number of benzene rings is 3. The van der Waals surface area contributed by atoms with Crippen LogP contribution in [0.3, 0.4) is 0 Å². The van der Waals surface area contributed by atoms with Crippen LogP contribution in [0.5, 0.6) is 0 Å². The predicted octanol–water partition coefficient (Wildman–Crippen LogP) is 5.68. The van der Waals surface area contributed by atoms with Crippen molar-refractivity contribution in [3.05, 3.63) is 72.8 Å². The molecule has 3 aromatic rings. The van der Waals surface area contributed by atoms with Crippen LogP contribution < -0.4 is 0 Å². The van der Waals surface area contributed by atoms with Crippen molar-refractivity contribution in [2.24, 2.45) is 0 Å². The highest BCUT2D eigenvalue weighted by atomic mass is 32.2. The Labute approximate surface area is 122 Å². The summed E-state index contributed by atoms with van der Waals surface area (Å²) in [7, 11) is 0. The van der Waals surface area contributed by atoms with E-state index in [4.69, 9.17) is 0 Å². The molecule has 0 amide bonds. The van der Waals surface area contributed by atoms with E-state index in [0.29, 0.717) is 0 Å². The van der Waals surface area contributed by atoms with Crippen LogP contribution in [-0.4, -0.2) is 5.08 Å². The highest BCUT2D eigenvalue weighted by Crippen LogP contribution is 2.29. The van der Waals surface area contributed by atoms with Crippen LogP contribution in [0.4, 0.5) is 0 Å². The van der Waals surface area contributed by atoms with Gasteiger partial charge in [0.2, 0.25) is 0 Å². The maximum Gasteiger partial charge on any atom is 0.0486 e. The summed E-state index contributed by atoms with van der Waals surface area (Å²) in [5.74, 6) is 0. The van der Waals surface area contributed by atoms with Crippen molar-refractivity contribution in [2.45, 2.75) is 9.79 Å². The van der Waals surface area contributed by atoms with Crippen LogP contribution in [0.2, 0.25) is 0 Å². The molecule has 0 spiro atoms. The molecule has 0 aliphatic rings. The van der Waals surface area contributed by atoms with E-state index in [9.17, 15) is 0 Å². The van der Waals surface area contributed by atoms with Gasteiger partial charge >= 0.3 is 0 Å². The number of hydrogen-bond acceptors (Lipinski definition) is 2. The van der Waals surface area contributed by atoms with E-state index in [1.807, 2.05) is 23.5 Å². The second-order valence-corrected chi connectivity index (χ2v) is 6.69. The summed E-state index contributed by atoms with van der Waals surface area (Å²) in [4.78, 5) is 2.66. The summed E-state index contributed by atoms with van der Waals surface area (Å²) in [6.45, 7) is 0. The lowest BCUT2D eigenvalue weighted by molar-refractivity contribution is 1.47. The van der Waals surface area contributed by atoms with Crippen LogP contribution in [0.1, 0.15) is 0 Å². The molecule has 3 aromatic carbocycles. The Morgan fingerprint density at radius 1 is 0.579 bits per heavy atom. The molecule has 0 nitrogen and oxygen atoms in total. The molecule has 0 atom stereocenters. The van der Waals surface area contributed by atoms with E-state index < -0.39 is 0 Å². The first kappa shape index (κ1) is 12.6. The fraction of sp³-hybridized carbons (Fsp3) is 0.0588. The lowest BCUT2D eigenvalue weighted by atomic mass is 10.1. The third-order valence-corrected chi connectivity index (χ3v) is 5.05. The Balaban J connectivity index is 1.65. The second-order valence-electron chi connectivity index (χ2n) is 4.23. The zero-order chi connectivity index (χ0) is 12.9. The summed E-state index contributed by atoms with van der Waals surface area (Å²) in [6.07, 6.45) is 0. The average molecular weight is 282 g/mol. The molecule has 19 heavy (non-hydrogen) atoms. The van der Waals surface area contributed by atoms with E-state index in [2.05, 4.69) is 72.8 Å². The van der Waals surface area contributed by atoms with Crippen LogP contribution in [0, 0.1) is 0 Å². The highest BCUT2D eigenvalue weighted by Gasteiger charge is 1.98. The van der Waals surface area contributed by atoms with E-state index in [0.717, 1.165) is 5.08 Å². The monoisotopic (exact) mass is 282 g/mol. The molecule has 3 rings (SSSR count). The maximum absolute atomic E-state index is 2.27. The molecule has 2 heteroatoms. The predicted molar refractivity (Wildman–Crippen MR) is 87.0 cm³/mol. The number of hydrogen-bond donors (Lipinski definition) is 0. The molecule has 94 valence electrons. The standard InChI is InChI=1S/C17H14S2/c1-2-8-16(9-3-1)18-13-19-17-11-10-14-6-4-5-7-15(14)12-17/h1-12H,13H2. The van der Waals surface area contributed by atoms with Gasteiger partial charge in [0.25, 0.3) is 0 Å². The minimum atomic E-state index is 1.04. The van der Waals surface area contributed by atoms with Gasteiger partial charge in [0, 0.05) is 14.9 Å². The van der Waals surface area contributed by atoms with Gasteiger partial charge in [0.1, 0.15) is 0 Å². The van der Waals surface area contributed by atoms with Gasteiger partial charge in [-0.05, 0) is 35.0 Å². The van der Waals surface area contributed by atoms with Gasteiger partial charge in [0.15, 0.2) is 0 Å². The van der Waals surface area contributed by atoms with Crippen molar-refractivity contribution in [1.29, 1.82) is 0 Å². The van der Waals surface area contributed by atoms with Gasteiger partial charge in [-0.25, -0.2) is 0 Å². The zero-order valence-corrected chi connectivity index (χ0v) is 12.1.